The molecule has 0 aliphatic rings. The van der Waals surface area contributed by atoms with Crippen LogP contribution in [0.15, 0.2) is 76.5 Å². The zero-order valence-electron chi connectivity index (χ0n) is 15.9. The Labute approximate surface area is 183 Å². The topological polar surface area (TPSA) is 76.9 Å². The van der Waals surface area contributed by atoms with Gasteiger partial charge in [-0.3, -0.25) is 4.57 Å². The van der Waals surface area contributed by atoms with Crippen LogP contribution < -0.4 is 4.74 Å². The number of hydrogen-bond donors (Lipinski definition) is 0. The molecule has 30 heavy (non-hydrogen) atoms. The molecule has 150 valence electrons. The highest BCUT2D eigenvalue weighted by molar-refractivity contribution is 7.98. The number of rotatable bonds is 8. The van der Waals surface area contributed by atoms with Crippen LogP contribution >= 0.6 is 23.4 Å². The van der Waals surface area contributed by atoms with Crippen LogP contribution in [0.25, 0.3) is 0 Å². The third-order valence-corrected chi connectivity index (χ3v) is 5.61. The van der Waals surface area contributed by atoms with E-state index in [9.17, 15) is 0 Å². The van der Waals surface area contributed by atoms with E-state index in [1.807, 2.05) is 53.1 Å². The van der Waals surface area contributed by atoms with Crippen LogP contribution in [0.4, 0.5) is 0 Å². The highest BCUT2D eigenvalue weighted by atomic mass is 35.5. The molecule has 0 aliphatic heterocycles. The van der Waals surface area contributed by atoms with E-state index >= 15 is 0 Å². The van der Waals surface area contributed by atoms with Crippen LogP contribution in [0, 0.1) is 11.3 Å². The Bertz CT molecular complexity index is 1130. The van der Waals surface area contributed by atoms with Crippen molar-refractivity contribution in [3.8, 4) is 11.8 Å². The summed E-state index contributed by atoms with van der Waals surface area (Å²) in [7, 11) is 0. The summed E-state index contributed by atoms with van der Waals surface area (Å²) in [6, 6.07) is 20.6. The first-order chi connectivity index (χ1) is 14.7. The summed E-state index contributed by atoms with van der Waals surface area (Å²) in [5, 5.41) is 19.0. The van der Waals surface area contributed by atoms with Crippen molar-refractivity contribution in [2.75, 3.05) is 0 Å². The van der Waals surface area contributed by atoms with E-state index in [2.05, 4.69) is 16.3 Å². The molecule has 8 heteroatoms. The minimum Gasteiger partial charge on any atom is -0.486 e. The molecule has 0 aliphatic carbocycles. The molecule has 0 bridgehead atoms. The van der Waals surface area contributed by atoms with Gasteiger partial charge in [0, 0.05) is 10.8 Å². The van der Waals surface area contributed by atoms with Crippen LogP contribution in [0.1, 0.15) is 22.7 Å². The van der Waals surface area contributed by atoms with Crippen molar-refractivity contribution in [1.29, 1.82) is 5.26 Å². The summed E-state index contributed by atoms with van der Waals surface area (Å²) in [5.41, 5.74) is 1.75. The fourth-order valence-electron chi connectivity index (χ4n) is 2.75. The van der Waals surface area contributed by atoms with Crippen LogP contribution in [0.5, 0.6) is 5.75 Å². The molecular formula is C22H17ClN4O2S. The fraction of sp³-hybridized carbons (Fsp3) is 0.136. The molecule has 2 aromatic heterocycles. The molecule has 4 rings (SSSR count). The van der Waals surface area contributed by atoms with Gasteiger partial charge in [0.25, 0.3) is 0 Å². The third-order valence-electron chi connectivity index (χ3n) is 4.32. The van der Waals surface area contributed by atoms with E-state index in [-0.39, 0.29) is 6.61 Å². The van der Waals surface area contributed by atoms with Crippen molar-refractivity contribution in [2.24, 2.45) is 0 Å². The van der Waals surface area contributed by atoms with Crippen molar-refractivity contribution >= 4 is 23.4 Å². The number of halogens is 1. The maximum Gasteiger partial charge on any atom is 0.192 e. The molecule has 0 saturated carbocycles. The van der Waals surface area contributed by atoms with Gasteiger partial charge in [-0.1, -0.05) is 35.5 Å². The molecule has 0 N–H and O–H groups in total. The number of ether oxygens (including phenoxy) is 1. The number of aromatic nitrogens is 3. The lowest BCUT2D eigenvalue weighted by molar-refractivity contribution is 0.287. The Hall–Kier alpha value is -3.21. The first-order valence-electron chi connectivity index (χ1n) is 9.16. The second-order valence-electron chi connectivity index (χ2n) is 6.40. The van der Waals surface area contributed by atoms with Crippen LogP contribution in [-0.2, 0) is 18.9 Å². The van der Waals surface area contributed by atoms with Gasteiger partial charge < -0.3 is 9.15 Å². The first kappa shape index (κ1) is 20.1. The summed E-state index contributed by atoms with van der Waals surface area (Å²) in [6.45, 7) is 0.780. The number of nitriles is 1. The van der Waals surface area contributed by atoms with E-state index in [4.69, 9.17) is 26.0 Å². The monoisotopic (exact) mass is 436 g/mol. The number of furan rings is 1. The number of nitrogens with zero attached hydrogens (tertiary/aromatic N) is 4. The Morgan fingerprint density at radius 2 is 1.87 bits per heavy atom. The zero-order valence-corrected chi connectivity index (χ0v) is 17.4. The van der Waals surface area contributed by atoms with Gasteiger partial charge in [0.05, 0.1) is 24.4 Å². The zero-order chi connectivity index (χ0) is 20.8. The predicted octanol–water partition coefficient (Wildman–Crippen LogP) is 5.32. The van der Waals surface area contributed by atoms with Crippen molar-refractivity contribution in [3.63, 3.8) is 0 Å². The maximum atomic E-state index is 8.94. The molecule has 0 saturated heterocycles. The molecule has 0 atom stereocenters. The predicted molar refractivity (Wildman–Crippen MR) is 114 cm³/mol. The quantitative estimate of drug-likeness (QED) is 0.348. The molecule has 6 nitrogen and oxygen atoms in total. The van der Waals surface area contributed by atoms with E-state index < -0.39 is 0 Å². The highest BCUT2D eigenvalue weighted by Gasteiger charge is 2.15. The van der Waals surface area contributed by atoms with Gasteiger partial charge in [0.15, 0.2) is 11.0 Å². The van der Waals surface area contributed by atoms with Crippen LogP contribution in [0.3, 0.4) is 0 Å². The summed E-state index contributed by atoms with van der Waals surface area (Å²) in [5.74, 6) is 2.92. The molecule has 0 unspecified atom stereocenters. The minimum atomic E-state index is 0.271. The highest BCUT2D eigenvalue weighted by Crippen LogP contribution is 2.24. The molecule has 2 aromatic carbocycles. The van der Waals surface area contributed by atoms with Gasteiger partial charge in [-0.15, -0.1) is 10.2 Å². The Morgan fingerprint density at radius 1 is 1.07 bits per heavy atom. The largest absolute Gasteiger partial charge is 0.486 e. The SMILES string of the molecule is N#Cc1ccc(CSc2nnc(COc3ccc(Cl)cc3)n2Cc2ccco2)cc1. The van der Waals surface area contributed by atoms with E-state index in [0.717, 1.165) is 16.5 Å². The van der Waals surface area contributed by atoms with E-state index in [0.29, 0.717) is 34.5 Å². The first-order valence-corrected chi connectivity index (χ1v) is 10.5. The van der Waals surface area contributed by atoms with Crippen molar-refractivity contribution in [1.82, 2.24) is 14.8 Å². The number of thioether (sulfide) groups is 1. The van der Waals surface area contributed by atoms with Crippen molar-refractivity contribution in [3.05, 3.63) is 94.7 Å². The second kappa shape index (κ2) is 9.53. The third kappa shape index (κ3) is 5.03. The van der Waals surface area contributed by atoms with Gasteiger partial charge >= 0.3 is 0 Å². The lowest BCUT2D eigenvalue weighted by Crippen LogP contribution is -2.09. The van der Waals surface area contributed by atoms with Gasteiger partial charge in [-0.25, -0.2) is 0 Å². The van der Waals surface area contributed by atoms with Crippen molar-refractivity contribution in [2.45, 2.75) is 24.1 Å². The van der Waals surface area contributed by atoms with Crippen LogP contribution in [0.2, 0.25) is 5.02 Å². The fourth-order valence-corrected chi connectivity index (χ4v) is 3.79. The maximum absolute atomic E-state index is 8.94. The summed E-state index contributed by atoms with van der Waals surface area (Å²) >= 11 is 7.50. The van der Waals surface area contributed by atoms with Gasteiger partial charge in [0.2, 0.25) is 0 Å². The summed E-state index contributed by atoms with van der Waals surface area (Å²) in [6.07, 6.45) is 1.65. The molecular weight excluding hydrogens is 420 g/mol. The lowest BCUT2D eigenvalue weighted by Gasteiger charge is -2.10. The molecule has 4 aromatic rings. The smallest absolute Gasteiger partial charge is 0.192 e. The second-order valence-corrected chi connectivity index (χ2v) is 7.78. The number of hydrogen-bond acceptors (Lipinski definition) is 6. The van der Waals surface area contributed by atoms with Crippen LogP contribution in [-0.4, -0.2) is 14.8 Å². The summed E-state index contributed by atoms with van der Waals surface area (Å²) in [4.78, 5) is 0. The molecule has 0 fully saturated rings. The Kier molecular flexibility index (Phi) is 6.38. The van der Waals surface area contributed by atoms with Gasteiger partial charge in [0.1, 0.15) is 18.1 Å². The molecule has 0 spiro atoms. The average molecular weight is 437 g/mol. The molecule has 2 heterocycles. The van der Waals surface area contributed by atoms with Gasteiger partial charge in [-0.05, 0) is 54.1 Å². The Morgan fingerprint density at radius 3 is 2.57 bits per heavy atom. The normalized spacial score (nSPS) is 10.7. The minimum absolute atomic E-state index is 0.271. The summed E-state index contributed by atoms with van der Waals surface area (Å²) < 4.78 is 13.4. The number of benzene rings is 2. The standard InChI is InChI=1S/C22H17ClN4O2S/c23-18-7-9-19(10-8-18)29-14-21-25-26-22(27(21)13-20-2-1-11-28-20)30-15-17-5-3-16(12-24)4-6-17/h1-11H,13-15H2. The van der Waals surface area contributed by atoms with E-state index in [1.54, 1.807) is 30.2 Å². The van der Waals surface area contributed by atoms with Gasteiger partial charge in [-0.2, -0.15) is 5.26 Å². The average Bonchev–Trinajstić information content (AvgIpc) is 3.43. The van der Waals surface area contributed by atoms with E-state index in [1.165, 1.54) is 0 Å². The molecule has 0 amide bonds. The lowest BCUT2D eigenvalue weighted by atomic mass is 10.2. The molecule has 0 radical (unpaired) electrons. The van der Waals surface area contributed by atoms with Crippen molar-refractivity contribution < 1.29 is 9.15 Å². The Balaban J connectivity index is 1.50.